The van der Waals surface area contributed by atoms with Crippen LogP contribution in [0.3, 0.4) is 0 Å². The minimum absolute atomic E-state index is 0.271. The molecule has 1 unspecified atom stereocenters. The minimum atomic E-state index is -0.815. The van der Waals surface area contributed by atoms with Crippen molar-refractivity contribution in [1.29, 1.82) is 0 Å². The van der Waals surface area contributed by atoms with Gasteiger partial charge in [-0.1, -0.05) is 12.1 Å². The van der Waals surface area contributed by atoms with Crippen LogP contribution in [-0.4, -0.2) is 30.5 Å². The Kier molecular flexibility index (Phi) is 5.36. The summed E-state index contributed by atoms with van der Waals surface area (Å²) < 4.78 is 27.2. The molecule has 1 atom stereocenters. The fourth-order valence-corrected chi connectivity index (χ4v) is 2.31. The van der Waals surface area contributed by atoms with Gasteiger partial charge in [-0.3, -0.25) is 4.98 Å². The number of pyridine rings is 1. The van der Waals surface area contributed by atoms with Crippen LogP contribution in [0.4, 0.5) is 8.78 Å². The van der Waals surface area contributed by atoms with Gasteiger partial charge in [-0.2, -0.15) is 0 Å². The van der Waals surface area contributed by atoms with E-state index in [0.717, 1.165) is 18.2 Å². The average molecular weight is 291 g/mol. The first-order valence-electron chi connectivity index (χ1n) is 6.80. The van der Waals surface area contributed by atoms with Crippen LogP contribution >= 0.6 is 0 Å². The van der Waals surface area contributed by atoms with E-state index in [1.807, 2.05) is 19.2 Å². The van der Waals surface area contributed by atoms with Crippen molar-refractivity contribution in [1.82, 2.24) is 15.2 Å². The highest BCUT2D eigenvalue weighted by Crippen LogP contribution is 2.20. The summed E-state index contributed by atoms with van der Waals surface area (Å²) in [4.78, 5) is 6.03. The molecule has 0 bridgehead atoms. The normalized spacial score (nSPS) is 12.6. The van der Waals surface area contributed by atoms with Crippen molar-refractivity contribution in [2.24, 2.45) is 0 Å². The van der Waals surface area contributed by atoms with E-state index < -0.39 is 11.6 Å². The highest BCUT2D eigenvalue weighted by molar-refractivity contribution is 5.23. The lowest BCUT2D eigenvalue weighted by atomic mass is 10.1. The molecule has 0 aliphatic heterocycles. The van der Waals surface area contributed by atoms with Gasteiger partial charge in [-0.25, -0.2) is 8.78 Å². The van der Waals surface area contributed by atoms with Crippen molar-refractivity contribution >= 4 is 0 Å². The second-order valence-electron chi connectivity index (χ2n) is 5.04. The number of nitrogens with zero attached hydrogens (tertiary/aromatic N) is 2. The van der Waals surface area contributed by atoms with Crippen LogP contribution in [0.1, 0.15) is 17.2 Å². The molecular weight excluding hydrogens is 272 g/mol. The Morgan fingerprint density at radius 1 is 1.19 bits per heavy atom. The van der Waals surface area contributed by atoms with E-state index in [1.165, 1.54) is 6.07 Å². The number of hydrogen-bond donors (Lipinski definition) is 1. The summed E-state index contributed by atoms with van der Waals surface area (Å²) in [6.45, 7) is 1.29. The number of nitrogens with one attached hydrogen (secondary N) is 1. The number of rotatable bonds is 6. The Morgan fingerprint density at radius 3 is 2.57 bits per heavy atom. The van der Waals surface area contributed by atoms with Crippen molar-refractivity contribution in [3.05, 3.63) is 65.5 Å². The van der Waals surface area contributed by atoms with Crippen LogP contribution in [0, 0.1) is 11.6 Å². The van der Waals surface area contributed by atoms with E-state index in [9.17, 15) is 8.78 Å². The summed E-state index contributed by atoms with van der Waals surface area (Å²) in [5.41, 5.74) is 1.47. The quantitative estimate of drug-likeness (QED) is 0.887. The number of halogens is 2. The van der Waals surface area contributed by atoms with Crippen molar-refractivity contribution in [3.8, 4) is 0 Å². The van der Waals surface area contributed by atoms with E-state index in [2.05, 4.69) is 15.2 Å². The highest BCUT2D eigenvalue weighted by Gasteiger charge is 2.18. The lowest BCUT2D eigenvalue weighted by Crippen LogP contribution is -2.31. The third-order valence-electron chi connectivity index (χ3n) is 3.40. The molecule has 2 rings (SSSR count). The summed E-state index contributed by atoms with van der Waals surface area (Å²) in [6, 6.07) is 7.88. The molecular formula is C16H19F2N3. The first kappa shape index (κ1) is 15.5. The summed E-state index contributed by atoms with van der Waals surface area (Å²) in [5, 5.41) is 3.04. The number of likely N-dealkylation sites (N-methyl/N-ethyl adjacent to an activating group) is 2. The van der Waals surface area contributed by atoms with Gasteiger partial charge in [-0.15, -0.1) is 0 Å². The molecule has 0 saturated heterocycles. The van der Waals surface area contributed by atoms with Crippen molar-refractivity contribution < 1.29 is 8.78 Å². The monoisotopic (exact) mass is 291 g/mol. The van der Waals surface area contributed by atoms with Crippen molar-refractivity contribution in [2.45, 2.75) is 12.6 Å². The van der Waals surface area contributed by atoms with E-state index >= 15 is 0 Å². The molecule has 1 aromatic heterocycles. The molecule has 0 fully saturated rings. The zero-order valence-corrected chi connectivity index (χ0v) is 12.2. The first-order valence-corrected chi connectivity index (χ1v) is 6.80. The van der Waals surface area contributed by atoms with E-state index in [1.54, 1.807) is 25.5 Å². The van der Waals surface area contributed by atoms with Gasteiger partial charge in [0.25, 0.3) is 0 Å². The Labute approximate surface area is 123 Å². The van der Waals surface area contributed by atoms with Gasteiger partial charge < -0.3 is 10.2 Å². The maximum Gasteiger partial charge on any atom is 0.163 e. The molecule has 0 amide bonds. The summed E-state index contributed by atoms with van der Waals surface area (Å²) >= 11 is 0. The third kappa shape index (κ3) is 4.06. The van der Waals surface area contributed by atoms with Gasteiger partial charge in [0.15, 0.2) is 11.6 Å². The average Bonchev–Trinajstić information content (AvgIpc) is 2.49. The van der Waals surface area contributed by atoms with Crippen LogP contribution < -0.4 is 5.32 Å². The molecule has 21 heavy (non-hydrogen) atoms. The molecule has 0 aliphatic rings. The van der Waals surface area contributed by atoms with Crippen LogP contribution in [0.5, 0.6) is 0 Å². The molecule has 0 saturated carbocycles. The third-order valence-corrected chi connectivity index (χ3v) is 3.40. The fraction of sp³-hybridized carbons (Fsp3) is 0.312. The summed E-state index contributed by atoms with van der Waals surface area (Å²) in [6.07, 6.45) is 3.48. The maximum atomic E-state index is 13.9. The second kappa shape index (κ2) is 7.24. The zero-order valence-electron chi connectivity index (χ0n) is 12.2. The molecule has 1 heterocycles. The Bertz CT molecular complexity index is 575. The van der Waals surface area contributed by atoms with Gasteiger partial charge in [-0.05, 0) is 37.9 Å². The standard InChI is InChI=1S/C16H19F2N3/c1-19-15(13-4-3-5-14(17)16(13)18)11-21(2)10-12-6-8-20-9-7-12/h3-9,15,19H,10-11H2,1-2H3. The molecule has 0 aliphatic carbocycles. The fourth-order valence-electron chi connectivity index (χ4n) is 2.31. The molecule has 0 spiro atoms. The number of aromatic nitrogens is 1. The predicted molar refractivity (Wildman–Crippen MR) is 78.7 cm³/mol. The predicted octanol–water partition coefficient (Wildman–Crippen LogP) is 2.75. The smallest absolute Gasteiger partial charge is 0.163 e. The molecule has 0 radical (unpaired) electrons. The Hall–Kier alpha value is -1.85. The Morgan fingerprint density at radius 2 is 1.90 bits per heavy atom. The van der Waals surface area contributed by atoms with Gasteiger partial charge >= 0.3 is 0 Å². The van der Waals surface area contributed by atoms with E-state index in [0.29, 0.717) is 12.1 Å². The molecule has 1 N–H and O–H groups in total. The van der Waals surface area contributed by atoms with E-state index in [-0.39, 0.29) is 6.04 Å². The first-order chi connectivity index (χ1) is 10.1. The highest BCUT2D eigenvalue weighted by atomic mass is 19.2. The SMILES string of the molecule is CNC(CN(C)Cc1ccncc1)c1cccc(F)c1F. The number of benzene rings is 1. The van der Waals surface area contributed by atoms with Crippen LogP contribution in [0.15, 0.2) is 42.7 Å². The maximum absolute atomic E-state index is 13.9. The second-order valence-corrected chi connectivity index (χ2v) is 5.04. The Balaban J connectivity index is 2.06. The largest absolute Gasteiger partial charge is 0.312 e. The van der Waals surface area contributed by atoms with Crippen molar-refractivity contribution in [2.75, 3.05) is 20.6 Å². The van der Waals surface area contributed by atoms with Gasteiger partial charge in [0.05, 0.1) is 0 Å². The van der Waals surface area contributed by atoms with Gasteiger partial charge in [0.2, 0.25) is 0 Å². The lowest BCUT2D eigenvalue weighted by Gasteiger charge is -2.24. The van der Waals surface area contributed by atoms with Gasteiger partial charge in [0.1, 0.15) is 0 Å². The molecule has 5 heteroatoms. The van der Waals surface area contributed by atoms with E-state index in [4.69, 9.17) is 0 Å². The molecule has 112 valence electrons. The van der Waals surface area contributed by atoms with Crippen LogP contribution in [0.2, 0.25) is 0 Å². The minimum Gasteiger partial charge on any atom is -0.312 e. The molecule has 3 nitrogen and oxygen atoms in total. The molecule has 1 aromatic carbocycles. The lowest BCUT2D eigenvalue weighted by molar-refractivity contribution is 0.285. The summed E-state index contributed by atoms with van der Waals surface area (Å²) in [7, 11) is 3.69. The molecule has 2 aromatic rings. The zero-order chi connectivity index (χ0) is 15.2. The summed E-state index contributed by atoms with van der Waals surface area (Å²) in [5.74, 6) is -1.60. The topological polar surface area (TPSA) is 28.2 Å². The van der Waals surface area contributed by atoms with Crippen LogP contribution in [-0.2, 0) is 6.54 Å². The van der Waals surface area contributed by atoms with Gasteiger partial charge in [0, 0.05) is 37.1 Å². The number of hydrogen-bond acceptors (Lipinski definition) is 3. The van der Waals surface area contributed by atoms with Crippen LogP contribution in [0.25, 0.3) is 0 Å². The van der Waals surface area contributed by atoms with Crippen molar-refractivity contribution in [3.63, 3.8) is 0 Å².